The van der Waals surface area contributed by atoms with Gasteiger partial charge in [0.25, 0.3) is 0 Å². The number of hydrogen-bond acceptors (Lipinski definition) is 2. The summed E-state index contributed by atoms with van der Waals surface area (Å²) in [6.07, 6.45) is 8.43. The second kappa shape index (κ2) is 5.16. The Bertz CT molecular complexity index is 468. The summed E-state index contributed by atoms with van der Waals surface area (Å²) >= 11 is 0. The van der Waals surface area contributed by atoms with Gasteiger partial charge in [0.05, 0.1) is 0 Å². The molecule has 2 aliphatic carbocycles. The first-order valence-electron chi connectivity index (χ1n) is 8.41. The standard InChI is InChI=1S/C18H26N2/c1-4-8-18(9-5-1)14-19-10-11-20(18)13-16-12-15-6-2-3-7-17(15)16/h2-3,6-7,16,19H,1,4-5,8-14H2. The number of hydrogen-bond donors (Lipinski definition) is 1. The summed E-state index contributed by atoms with van der Waals surface area (Å²) in [5.74, 6) is 0.795. The van der Waals surface area contributed by atoms with Gasteiger partial charge in [0.15, 0.2) is 0 Å². The van der Waals surface area contributed by atoms with E-state index in [1.165, 1.54) is 64.7 Å². The maximum Gasteiger partial charge on any atom is 0.0334 e. The first kappa shape index (κ1) is 12.8. The third kappa shape index (κ3) is 2.10. The van der Waals surface area contributed by atoms with Crippen LogP contribution in [0.2, 0.25) is 0 Å². The summed E-state index contributed by atoms with van der Waals surface area (Å²) < 4.78 is 0. The van der Waals surface area contributed by atoms with Gasteiger partial charge in [-0.1, -0.05) is 43.5 Å². The highest BCUT2D eigenvalue weighted by Crippen LogP contribution is 2.40. The molecule has 4 rings (SSSR count). The van der Waals surface area contributed by atoms with E-state index in [-0.39, 0.29) is 0 Å². The molecule has 108 valence electrons. The molecule has 0 radical (unpaired) electrons. The van der Waals surface area contributed by atoms with Crippen LogP contribution in [0, 0.1) is 0 Å². The topological polar surface area (TPSA) is 15.3 Å². The molecule has 1 spiro atoms. The molecule has 20 heavy (non-hydrogen) atoms. The van der Waals surface area contributed by atoms with Crippen molar-refractivity contribution in [1.82, 2.24) is 10.2 Å². The van der Waals surface area contributed by atoms with Gasteiger partial charge in [0.1, 0.15) is 0 Å². The highest BCUT2D eigenvalue weighted by atomic mass is 15.3. The van der Waals surface area contributed by atoms with E-state index in [9.17, 15) is 0 Å². The Balaban J connectivity index is 1.50. The van der Waals surface area contributed by atoms with Gasteiger partial charge in [-0.05, 0) is 30.4 Å². The maximum atomic E-state index is 3.66. The second-order valence-corrected chi connectivity index (χ2v) is 7.01. The molecular formula is C18H26N2. The first-order chi connectivity index (χ1) is 9.87. The Labute approximate surface area is 122 Å². The molecule has 1 N–H and O–H groups in total. The highest BCUT2D eigenvalue weighted by Gasteiger charge is 2.41. The van der Waals surface area contributed by atoms with Crippen molar-refractivity contribution in [3.8, 4) is 0 Å². The number of fused-ring (bicyclic) bond motifs is 1. The van der Waals surface area contributed by atoms with Gasteiger partial charge in [-0.15, -0.1) is 0 Å². The zero-order chi connectivity index (χ0) is 13.4. The van der Waals surface area contributed by atoms with Crippen molar-refractivity contribution in [3.63, 3.8) is 0 Å². The van der Waals surface area contributed by atoms with E-state index in [4.69, 9.17) is 0 Å². The highest BCUT2D eigenvalue weighted by molar-refractivity contribution is 5.40. The number of rotatable bonds is 2. The Morgan fingerprint density at radius 3 is 2.85 bits per heavy atom. The average Bonchev–Trinajstić information content (AvgIpc) is 2.48. The Kier molecular flexibility index (Phi) is 3.31. The van der Waals surface area contributed by atoms with Crippen molar-refractivity contribution < 1.29 is 0 Å². The van der Waals surface area contributed by atoms with Crippen molar-refractivity contribution in [2.75, 3.05) is 26.2 Å². The quantitative estimate of drug-likeness (QED) is 0.889. The summed E-state index contributed by atoms with van der Waals surface area (Å²) in [6, 6.07) is 9.04. The lowest BCUT2D eigenvalue weighted by Gasteiger charge is -2.52. The van der Waals surface area contributed by atoms with Crippen LogP contribution in [0.4, 0.5) is 0 Å². The lowest BCUT2D eigenvalue weighted by molar-refractivity contribution is 0.0209. The predicted octanol–water partition coefficient (Wildman–Crippen LogP) is 2.93. The van der Waals surface area contributed by atoms with E-state index in [0.29, 0.717) is 5.54 Å². The van der Waals surface area contributed by atoms with E-state index in [0.717, 1.165) is 5.92 Å². The number of nitrogens with zero attached hydrogens (tertiary/aromatic N) is 1. The summed E-state index contributed by atoms with van der Waals surface area (Å²) in [5, 5.41) is 3.66. The Morgan fingerprint density at radius 2 is 2.00 bits per heavy atom. The summed E-state index contributed by atoms with van der Waals surface area (Å²) in [6.45, 7) is 4.94. The van der Waals surface area contributed by atoms with Crippen LogP contribution in [-0.4, -0.2) is 36.6 Å². The molecule has 0 amide bonds. The van der Waals surface area contributed by atoms with Gasteiger partial charge < -0.3 is 5.32 Å². The fourth-order valence-corrected chi connectivity index (χ4v) is 4.66. The molecular weight excluding hydrogens is 244 g/mol. The molecule has 2 heteroatoms. The number of nitrogens with one attached hydrogen (secondary N) is 1. The minimum Gasteiger partial charge on any atom is -0.314 e. The van der Waals surface area contributed by atoms with Crippen LogP contribution < -0.4 is 5.32 Å². The van der Waals surface area contributed by atoms with Gasteiger partial charge in [-0.2, -0.15) is 0 Å². The van der Waals surface area contributed by atoms with Crippen LogP contribution in [0.5, 0.6) is 0 Å². The SMILES string of the molecule is c1ccc2c(c1)CC2CN1CCNCC12CCCCC2. The fraction of sp³-hybridized carbons (Fsp3) is 0.667. The van der Waals surface area contributed by atoms with Crippen molar-refractivity contribution >= 4 is 0 Å². The van der Waals surface area contributed by atoms with Gasteiger partial charge in [0.2, 0.25) is 0 Å². The molecule has 1 aromatic rings. The third-order valence-electron chi connectivity index (χ3n) is 5.87. The molecule has 1 saturated heterocycles. The zero-order valence-electron chi connectivity index (χ0n) is 12.4. The van der Waals surface area contributed by atoms with Crippen LogP contribution in [0.1, 0.15) is 49.1 Å². The normalized spacial score (nSPS) is 28.9. The number of benzene rings is 1. The van der Waals surface area contributed by atoms with Crippen LogP contribution in [-0.2, 0) is 6.42 Å². The largest absolute Gasteiger partial charge is 0.314 e. The van der Waals surface area contributed by atoms with Crippen molar-refractivity contribution in [1.29, 1.82) is 0 Å². The van der Waals surface area contributed by atoms with E-state index < -0.39 is 0 Å². The molecule has 1 aromatic carbocycles. The lowest BCUT2D eigenvalue weighted by Crippen LogP contribution is -2.62. The molecule has 1 saturated carbocycles. The summed E-state index contributed by atoms with van der Waals surface area (Å²) in [5.41, 5.74) is 3.70. The van der Waals surface area contributed by atoms with E-state index >= 15 is 0 Å². The monoisotopic (exact) mass is 270 g/mol. The molecule has 0 bridgehead atoms. The van der Waals surface area contributed by atoms with E-state index in [2.05, 4.69) is 34.5 Å². The molecule has 1 atom stereocenters. The van der Waals surface area contributed by atoms with Gasteiger partial charge in [-0.25, -0.2) is 0 Å². The maximum absolute atomic E-state index is 3.66. The molecule has 2 nitrogen and oxygen atoms in total. The third-order valence-corrected chi connectivity index (χ3v) is 5.87. The van der Waals surface area contributed by atoms with Crippen molar-refractivity contribution in [2.45, 2.75) is 50.0 Å². The Hall–Kier alpha value is -0.860. The Morgan fingerprint density at radius 1 is 1.15 bits per heavy atom. The second-order valence-electron chi connectivity index (χ2n) is 7.01. The molecule has 1 heterocycles. The minimum atomic E-state index is 0.487. The van der Waals surface area contributed by atoms with Crippen LogP contribution >= 0.6 is 0 Å². The lowest BCUT2D eigenvalue weighted by atomic mass is 9.74. The molecule has 0 aromatic heterocycles. The van der Waals surface area contributed by atoms with E-state index in [1.807, 2.05) is 0 Å². The summed E-state index contributed by atoms with van der Waals surface area (Å²) in [7, 11) is 0. The van der Waals surface area contributed by atoms with Gasteiger partial charge >= 0.3 is 0 Å². The molecule has 2 fully saturated rings. The molecule has 1 unspecified atom stereocenters. The average molecular weight is 270 g/mol. The van der Waals surface area contributed by atoms with Crippen LogP contribution in [0.25, 0.3) is 0 Å². The van der Waals surface area contributed by atoms with Crippen LogP contribution in [0.3, 0.4) is 0 Å². The first-order valence-corrected chi connectivity index (χ1v) is 8.41. The minimum absolute atomic E-state index is 0.487. The smallest absolute Gasteiger partial charge is 0.0334 e. The van der Waals surface area contributed by atoms with E-state index in [1.54, 1.807) is 11.1 Å². The van der Waals surface area contributed by atoms with Gasteiger partial charge in [0, 0.05) is 37.6 Å². The molecule has 1 aliphatic heterocycles. The van der Waals surface area contributed by atoms with Crippen molar-refractivity contribution in [2.24, 2.45) is 0 Å². The fourth-order valence-electron chi connectivity index (χ4n) is 4.66. The number of piperazine rings is 1. The van der Waals surface area contributed by atoms with Gasteiger partial charge in [-0.3, -0.25) is 4.90 Å². The van der Waals surface area contributed by atoms with Crippen LogP contribution in [0.15, 0.2) is 24.3 Å². The van der Waals surface area contributed by atoms with Crippen molar-refractivity contribution in [3.05, 3.63) is 35.4 Å². The predicted molar refractivity (Wildman–Crippen MR) is 83.1 cm³/mol. The summed E-state index contributed by atoms with van der Waals surface area (Å²) in [4.78, 5) is 2.85. The molecule has 3 aliphatic rings. The zero-order valence-corrected chi connectivity index (χ0v) is 12.4.